The van der Waals surface area contributed by atoms with E-state index in [1.54, 1.807) is 0 Å². The fraction of sp³-hybridized carbons (Fsp3) is 0.364. The van der Waals surface area contributed by atoms with Crippen LogP contribution in [0.5, 0.6) is 0 Å². The molecule has 0 spiro atoms. The molecule has 5 nitrogen and oxygen atoms in total. The zero-order valence-corrected chi connectivity index (χ0v) is 15.9. The number of carbonyl (C=O) groups is 2. The highest BCUT2D eigenvalue weighted by molar-refractivity contribution is 5.85. The van der Waals surface area contributed by atoms with Gasteiger partial charge in [0, 0.05) is 11.8 Å². The van der Waals surface area contributed by atoms with Gasteiger partial charge < -0.3 is 9.47 Å². The Kier molecular flexibility index (Phi) is 5.49. The van der Waals surface area contributed by atoms with E-state index in [2.05, 4.69) is 0 Å². The number of cyclic esters (lactones) is 1. The summed E-state index contributed by atoms with van der Waals surface area (Å²) >= 11 is 0. The Labute approximate surface area is 159 Å². The summed E-state index contributed by atoms with van der Waals surface area (Å²) in [6.45, 7) is 5.97. The fourth-order valence-corrected chi connectivity index (χ4v) is 3.15. The molecule has 0 bridgehead atoms. The predicted molar refractivity (Wildman–Crippen MR) is 102 cm³/mol. The SMILES string of the molecule is CC(C)(C)C1OC(=O)C(Cc2ccccc2)N1C(=O)OCc1ccccc1. The number of nitrogens with zero attached hydrogens (tertiary/aromatic N) is 1. The van der Waals surface area contributed by atoms with Crippen molar-refractivity contribution in [3.05, 3.63) is 71.8 Å². The second kappa shape index (κ2) is 7.82. The lowest BCUT2D eigenvalue weighted by Crippen LogP contribution is -2.48. The Bertz CT molecular complexity index is 783. The smallest absolute Gasteiger partial charge is 0.413 e. The van der Waals surface area contributed by atoms with Gasteiger partial charge in [-0.2, -0.15) is 0 Å². The van der Waals surface area contributed by atoms with Crippen LogP contribution in [0.15, 0.2) is 60.7 Å². The molecule has 0 N–H and O–H groups in total. The summed E-state index contributed by atoms with van der Waals surface area (Å²) < 4.78 is 11.1. The van der Waals surface area contributed by atoms with E-state index in [4.69, 9.17) is 9.47 Å². The minimum atomic E-state index is -0.695. The Balaban J connectivity index is 1.80. The monoisotopic (exact) mass is 367 g/mol. The van der Waals surface area contributed by atoms with Gasteiger partial charge in [0.05, 0.1) is 0 Å². The number of amides is 1. The van der Waals surface area contributed by atoms with Gasteiger partial charge in [0.1, 0.15) is 12.6 Å². The first kappa shape index (κ1) is 19.0. The van der Waals surface area contributed by atoms with Crippen molar-refractivity contribution in [2.45, 2.75) is 46.1 Å². The number of carbonyl (C=O) groups excluding carboxylic acids is 2. The molecule has 27 heavy (non-hydrogen) atoms. The van der Waals surface area contributed by atoms with Crippen LogP contribution in [-0.4, -0.2) is 29.2 Å². The van der Waals surface area contributed by atoms with Crippen LogP contribution in [0, 0.1) is 5.41 Å². The third-order valence-corrected chi connectivity index (χ3v) is 4.52. The van der Waals surface area contributed by atoms with E-state index < -0.39 is 29.7 Å². The summed E-state index contributed by atoms with van der Waals surface area (Å²) in [6, 6.07) is 18.4. The number of ether oxygens (including phenoxy) is 2. The van der Waals surface area contributed by atoms with Crippen molar-refractivity contribution in [2.24, 2.45) is 5.41 Å². The standard InChI is InChI=1S/C22H25NO4/c1-22(2,3)20-23(21(25)26-15-17-12-8-5-9-13-17)18(19(24)27-20)14-16-10-6-4-7-11-16/h4-13,18,20H,14-15H2,1-3H3. The topological polar surface area (TPSA) is 55.8 Å². The third-order valence-electron chi connectivity index (χ3n) is 4.52. The molecule has 2 aromatic rings. The van der Waals surface area contributed by atoms with Gasteiger partial charge in [-0.05, 0) is 11.1 Å². The molecule has 0 radical (unpaired) electrons. The molecular weight excluding hydrogens is 342 g/mol. The normalized spacial score (nSPS) is 19.7. The molecule has 1 heterocycles. The number of esters is 1. The summed E-state index contributed by atoms with van der Waals surface area (Å²) in [6.07, 6.45) is -0.806. The van der Waals surface area contributed by atoms with Crippen LogP contribution in [0.1, 0.15) is 31.9 Å². The van der Waals surface area contributed by atoms with Gasteiger partial charge in [-0.25, -0.2) is 9.59 Å². The maximum atomic E-state index is 12.9. The molecule has 0 saturated carbocycles. The summed E-state index contributed by atoms with van der Waals surface area (Å²) in [7, 11) is 0. The number of benzene rings is 2. The maximum absolute atomic E-state index is 12.9. The first-order valence-electron chi connectivity index (χ1n) is 9.09. The molecule has 142 valence electrons. The Hall–Kier alpha value is -2.82. The molecule has 1 amide bonds. The van der Waals surface area contributed by atoms with Crippen molar-refractivity contribution in [1.82, 2.24) is 4.90 Å². The van der Waals surface area contributed by atoms with Gasteiger partial charge in [-0.1, -0.05) is 81.4 Å². The zero-order chi connectivity index (χ0) is 19.4. The van der Waals surface area contributed by atoms with Crippen LogP contribution in [0.2, 0.25) is 0 Å². The molecule has 2 aromatic carbocycles. The molecule has 5 heteroatoms. The molecule has 2 atom stereocenters. The van der Waals surface area contributed by atoms with E-state index in [-0.39, 0.29) is 6.61 Å². The van der Waals surface area contributed by atoms with Crippen molar-refractivity contribution in [3.63, 3.8) is 0 Å². The molecule has 2 unspecified atom stereocenters. The van der Waals surface area contributed by atoms with E-state index in [1.165, 1.54) is 4.90 Å². The molecule has 1 aliphatic rings. The minimum absolute atomic E-state index is 0.152. The van der Waals surface area contributed by atoms with Gasteiger partial charge in [-0.15, -0.1) is 0 Å². The van der Waals surface area contributed by atoms with Crippen LogP contribution >= 0.6 is 0 Å². The van der Waals surface area contributed by atoms with Gasteiger partial charge in [0.25, 0.3) is 0 Å². The first-order chi connectivity index (χ1) is 12.9. The van der Waals surface area contributed by atoms with Gasteiger partial charge in [0.15, 0.2) is 6.23 Å². The molecule has 3 rings (SSSR count). The second-order valence-corrected chi connectivity index (χ2v) is 7.81. The number of hydrogen-bond acceptors (Lipinski definition) is 4. The maximum Gasteiger partial charge on any atom is 0.413 e. The van der Waals surface area contributed by atoms with Gasteiger partial charge in [-0.3, -0.25) is 4.90 Å². The van der Waals surface area contributed by atoms with Crippen molar-refractivity contribution >= 4 is 12.1 Å². The minimum Gasteiger partial charge on any atom is -0.444 e. The summed E-state index contributed by atoms with van der Waals surface area (Å²) in [4.78, 5) is 26.9. The average molecular weight is 367 g/mol. The molecule has 1 aliphatic heterocycles. The van der Waals surface area contributed by atoms with Crippen LogP contribution in [0.25, 0.3) is 0 Å². The van der Waals surface area contributed by atoms with E-state index in [1.807, 2.05) is 81.4 Å². The van der Waals surface area contributed by atoms with Crippen molar-refractivity contribution in [2.75, 3.05) is 0 Å². The Morgan fingerprint density at radius 1 is 1.00 bits per heavy atom. The quantitative estimate of drug-likeness (QED) is 0.761. The second-order valence-electron chi connectivity index (χ2n) is 7.81. The van der Waals surface area contributed by atoms with Crippen LogP contribution in [0.3, 0.4) is 0 Å². The predicted octanol–water partition coefficient (Wildman–Crippen LogP) is 4.17. The van der Waals surface area contributed by atoms with Crippen molar-refractivity contribution in [1.29, 1.82) is 0 Å². The Morgan fingerprint density at radius 2 is 1.56 bits per heavy atom. The number of hydrogen-bond donors (Lipinski definition) is 0. The lowest BCUT2D eigenvalue weighted by molar-refractivity contribution is -0.147. The number of rotatable bonds is 4. The molecule has 0 aliphatic carbocycles. The van der Waals surface area contributed by atoms with Crippen LogP contribution in [-0.2, 0) is 27.3 Å². The average Bonchev–Trinajstić information content (AvgIpc) is 2.98. The highest BCUT2D eigenvalue weighted by Gasteiger charge is 2.50. The summed E-state index contributed by atoms with van der Waals surface area (Å²) in [5.74, 6) is -0.393. The van der Waals surface area contributed by atoms with Gasteiger partial charge in [0.2, 0.25) is 0 Å². The summed E-state index contributed by atoms with van der Waals surface area (Å²) in [5.41, 5.74) is 1.44. The summed E-state index contributed by atoms with van der Waals surface area (Å²) in [5, 5.41) is 0. The molecule has 0 aromatic heterocycles. The highest BCUT2D eigenvalue weighted by Crippen LogP contribution is 2.34. The largest absolute Gasteiger partial charge is 0.444 e. The van der Waals surface area contributed by atoms with Crippen molar-refractivity contribution in [3.8, 4) is 0 Å². The van der Waals surface area contributed by atoms with E-state index in [9.17, 15) is 9.59 Å². The van der Waals surface area contributed by atoms with E-state index in [0.717, 1.165) is 11.1 Å². The highest BCUT2D eigenvalue weighted by atomic mass is 16.6. The van der Waals surface area contributed by atoms with Crippen LogP contribution in [0.4, 0.5) is 4.79 Å². The Morgan fingerprint density at radius 3 is 2.11 bits per heavy atom. The fourth-order valence-electron chi connectivity index (χ4n) is 3.15. The lowest BCUT2D eigenvalue weighted by Gasteiger charge is -2.33. The third kappa shape index (κ3) is 4.48. The first-order valence-corrected chi connectivity index (χ1v) is 9.09. The zero-order valence-electron chi connectivity index (χ0n) is 15.9. The molecule has 1 fully saturated rings. The van der Waals surface area contributed by atoms with Crippen molar-refractivity contribution < 1.29 is 19.1 Å². The van der Waals surface area contributed by atoms with Crippen LogP contribution < -0.4 is 0 Å². The van der Waals surface area contributed by atoms with Gasteiger partial charge >= 0.3 is 12.1 Å². The lowest BCUT2D eigenvalue weighted by atomic mass is 9.93. The van der Waals surface area contributed by atoms with E-state index in [0.29, 0.717) is 6.42 Å². The van der Waals surface area contributed by atoms with E-state index >= 15 is 0 Å². The molecule has 1 saturated heterocycles. The molecular formula is C22H25NO4.